The Kier molecular flexibility index (Phi) is 13.2. The third-order valence-electron chi connectivity index (χ3n) is 13.9. The van der Waals surface area contributed by atoms with Gasteiger partial charge in [-0.2, -0.15) is 0 Å². The molecule has 358 valence electrons. The summed E-state index contributed by atoms with van der Waals surface area (Å²) < 4.78 is 44.1. The number of H-pyrrole nitrogens is 2. The minimum Gasteiger partial charge on any atom is -0.453 e. The van der Waals surface area contributed by atoms with Gasteiger partial charge in [0, 0.05) is 29.9 Å². The van der Waals surface area contributed by atoms with Crippen molar-refractivity contribution >= 4 is 51.8 Å². The molecule has 2 unspecified atom stereocenters. The molecule has 2 aromatic heterocycles. The van der Waals surface area contributed by atoms with E-state index in [4.69, 9.17) is 19.4 Å². The predicted molar refractivity (Wildman–Crippen MR) is 250 cm³/mol. The van der Waals surface area contributed by atoms with Gasteiger partial charge in [0.05, 0.1) is 49.4 Å². The van der Waals surface area contributed by atoms with Crippen molar-refractivity contribution in [1.82, 2.24) is 40.4 Å². The van der Waals surface area contributed by atoms with Crippen LogP contribution in [0.3, 0.4) is 0 Å². The zero-order valence-electron chi connectivity index (χ0n) is 39.8. The molecule has 4 amide bonds. The van der Waals surface area contributed by atoms with Gasteiger partial charge in [-0.05, 0) is 85.6 Å². The van der Waals surface area contributed by atoms with E-state index in [1.54, 1.807) is 28.0 Å². The summed E-state index contributed by atoms with van der Waals surface area (Å²) in [7, 11) is 2.51. The van der Waals surface area contributed by atoms with Crippen LogP contribution in [0.15, 0.2) is 48.5 Å². The number of nitrogens with one attached hydrogen (secondary N) is 4. The van der Waals surface area contributed by atoms with Gasteiger partial charge in [0.25, 0.3) is 0 Å². The second-order valence-corrected chi connectivity index (χ2v) is 19.9. The summed E-state index contributed by atoms with van der Waals surface area (Å²) >= 11 is 0. The van der Waals surface area contributed by atoms with Gasteiger partial charge in [0.2, 0.25) is 11.8 Å². The Labute approximate surface area is 389 Å². The second kappa shape index (κ2) is 18.8. The molecular formula is C50H63F2N9O6. The summed E-state index contributed by atoms with van der Waals surface area (Å²) in [5.74, 6) is -0.955. The molecule has 3 fully saturated rings. The average molecular weight is 924 g/mol. The maximum absolute atomic E-state index is 17.3. The topological polar surface area (TPSA) is 178 Å². The molecule has 3 aromatic carbocycles. The van der Waals surface area contributed by atoms with Crippen LogP contribution < -0.4 is 15.5 Å². The number of carbonyl (C=O) groups is 4. The van der Waals surface area contributed by atoms with Crippen molar-refractivity contribution in [3.05, 3.63) is 88.5 Å². The van der Waals surface area contributed by atoms with E-state index >= 15 is 8.78 Å². The molecule has 6 atom stereocenters. The summed E-state index contributed by atoms with van der Waals surface area (Å²) in [6.45, 7) is 14.7. The number of amides is 4. The average Bonchev–Trinajstić information content (AvgIpc) is 4.15. The molecule has 17 heteroatoms. The van der Waals surface area contributed by atoms with Gasteiger partial charge < -0.3 is 44.8 Å². The molecule has 0 spiro atoms. The largest absolute Gasteiger partial charge is 0.453 e. The van der Waals surface area contributed by atoms with Crippen molar-refractivity contribution in [3.63, 3.8) is 0 Å². The minimum absolute atomic E-state index is 0.118. The lowest BCUT2D eigenvalue weighted by molar-refractivity contribution is -0.136. The second-order valence-electron chi connectivity index (χ2n) is 19.9. The first-order chi connectivity index (χ1) is 31.9. The maximum atomic E-state index is 17.3. The highest BCUT2D eigenvalue weighted by Crippen LogP contribution is 2.49. The summed E-state index contributed by atoms with van der Waals surface area (Å²) in [5, 5.41) is 5.34. The number of halogens is 2. The van der Waals surface area contributed by atoms with Crippen LogP contribution in [0, 0.1) is 23.5 Å². The first-order valence-corrected chi connectivity index (χ1v) is 23.5. The van der Waals surface area contributed by atoms with Gasteiger partial charge in [-0.1, -0.05) is 72.7 Å². The Morgan fingerprint density at radius 1 is 0.672 bits per heavy atom. The van der Waals surface area contributed by atoms with Gasteiger partial charge in [0.15, 0.2) is 11.6 Å². The molecule has 3 aliphatic heterocycles. The standard InChI is InChI=1S/C50H63F2N9O6/c1-26(2)40(57-48(64)66-8)46(62)59-24-10-12-36(59)44-53-32-20-18-30(38(51)42(32)55-44)34-22-23-35(61(34)29-16-14-28(15-17-29)50(5,6)7)31-19-21-33-43(39(31)52)56-45(54-33)37-13-11-25-60(37)47(63)41(27(3)4)58-49(65)67-9/h14-21,26-27,34-37,40-41H,10-13,22-25H2,1-9H3,(H,53,55)(H,54,56)(H,57,64)(H,58,65)/t34?,35?,36-,37-,40-,41-/m0/s1. The van der Waals surface area contributed by atoms with Gasteiger partial charge in [-0.25, -0.2) is 28.3 Å². The molecule has 3 saturated heterocycles. The highest BCUT2D eigenvalue weighted by atomic mass is 19.1. The SMILES string of the molecule is COC(=O)N[C@H](C(=O)N1CCC[C@H]1c1nc2c(F)c(C3CCC(c4ccc5nc([C@@H]6CCCN6C(=O)[C@@H](NC(=O)OC)C(C)C)[nH]c5c4F)N3c3ccc(C(C)(C)C)cc3)ccc2[nH]1)C(C)C. The zero-order valence-corrected chi connectivity index (χ0v) is 39.8. The fourth-order valence-corrected chi connectivity index (χ4v) is 10.3. The Morgan fingerprint density at radius 3 is 1.69 bits per heavy atom. The van der Waals surface area contributed by atoms with Crippen LogP contribution in [0.4, 0.5) is 24.1 Å². The van der Waals surface area contributed by atoms with Crippen molar-refractivity contribution in [2.45, 2.75) is 129 Å². The molecule has 0 aliphatic carbocycles. The number of nitrogens with zero attached hydrogens (tertiary/aromatic N) is 5. The minimum atomic E-state index is -0.811. The number of aromatic amines is 2. The highest BCUT2D eigenvalue weighted by Gasteiger charge is 2.42. The van der Waals surface area contributed by atoms with Crippen LogP contribution in [0.2, 0.25) is 0 Å². The Balaban J connectivity index is 1.12. The third kappa shape index (κ3) is 9.00. The summed E-state index contributed by atoms with van der Waals surface area (Å²) in [4.78, 5) is 73.8. The Hall–Kier alpha value is -6.26. The fraction of sp³-hybridized carbons (Fsp3) is 0.520. The van der Waals surface area contributed by atoms with E-state index in [0.29, 0.717) is 85.4 Å². The number of aromatic nitrogens is 4. The lowest BCUT2D eigenvalue weighted by Gasteiger charge is -2.34. The number of ether oxygens (including phenoxy) is 2. The van der Waals surface area contributed by atoms with Gasteiger partial charge >= 0.3 is 12.2 Å². The number of likely N-dealkylation sites (tertiary alicyclic amines) is 2. The number of benzene rings is 3. The van der Waals surface area contributed by atoms with E-state index in [9.17, 15) is 19.2 Å². The van der Waals surface area contributed by atoms with E-state index < -0.39 is 60.1 Å². The van der Waals surface area contributed by atoms with Crippen LogP contribution in [0.1, 0.15) is 139 Å². The number of hydrogen-bond donors (Lipinski definition) is 4. The molecule has 5 heterocycles. The van der Waals surface area contributed by atoms with Crippen LogP contribution >= 0.6 is 0 Å². The number of methoxy groups -OCH3 is 2. The van der Waals surface area contributed by atoms with Gasteiger partial charge in [-0.3, -0.25) is 9.59 Å². The monoisotopic (exact) mass is 923 g/mol. The van der Waals surface area contributed by atoms with Crippen molar-refractivity contribution < 1.29 is 37.4 Å². The normalized spacial score (nSPS) is 20.9. The molecule has 8 rings (SSSR count). The summed E-state index contributed by atoms with van der Waals surface area (Å²) in [5.41, 5.74) is 3.97. The predicted octanol–water partition coefficient (Wildman–Crippen LogP) is 9.19. The van der Waals surface area contributed by atoms with Crippen molar-refractivity contribution in [3.8, 4) is 0 Å². The number of imidazole rings is 2. The molecule has 0 bridgehead atoms. The van der Waals surface area contributed by atoms with Crippen LogP contribution in [0.25, 0.3) is 22.1 Å². The highest BCUT2D eigenvalue weighted by molar-refractivity contribution is 5.88. The first-order valence-electron chi connectivity index (χ1n) is 23.5. The molecular weight excluding hydrogens is 861 g/mol. The molecule has 3 aliphatic rings. The van der Waals surface area contributed by atoms with Crippen LogP contribution in [-0.2, 0) is 24.5 Å². The van der Waals surface area contributed by atoms with E-state index in [1.807, 2.05) is 45.9 Å². The quantitative estimate of drug-likeness (QED) is 0.101. The number of rotatable bonds is 11. The van der Waals surface area contributed by atoms with Gasteiger partial charge in [0.1, 0.15) is 34.8 Å². The Morgan fingerprint density at radius 2 is 1.18 bits per heavy atom. The van der Waals surface area contributed by atoms with Crippen LogP contribution in [0.5, 0.6) is 0 Å². The number of hydrogen-bond acceptors (Lipinski definition) is 9. The number of anilines is 1. The molecule has 0 saturated carbocycles. The van der Waals surface area contributed by atoms with E-state index in [2.05, 4.69) is 58.4 Å². The first kappa shape index (κ1) is 47.2. The lowest BCUT2D eigenvalue weighted by atomic mass is 9.87. The summed E-state index contributed by atoms with van der Waals surface area (Å²) in [6.07, 6.45) is 2.31. The van der Waals surface area contributed by atoms with E-state index in [-0.39, 0.29) is 40.1 Å². The third-order valence-corrected chi connectivity index (χ3v) is 13.9. The number of fused-ring (bicyclic) bond motifs is 2. The zero-order chi connectivity index (χ0) is 48.1. The molecule has 15 nitrogen and oxygen atoms in total. The van der Waals surface area contributed by atoms with E-state index in [1.165, 1.54) is 14.2 Å². The smallest absolute Gasteiger partial charge is 0.407 e. The van der Waals surface area contributed by atoms with Crippen molar-refractivity contribution in [2.24, 2.45) is 11.8 Å². The van der Waals surface area contributed by atoms with Crippen molar-refractivity contribution in [2.75, 3.05) is 32.2 Å². The number of carbonyl (C=O) groups excluding carboxylic acids is 4. The molecule has 67 heavy (non-hydrogen) atoms. The Bertz CT molecular complexity index is 2510. The van der Waals surface area contributed by atoms with Crippen LogP contribution in [-0.4, -0.2) is 93.1 Å². The number of alkyl carbamates (subject to hydrolysis) is 2. The lowest BCUT2D eigenvalue weighted by Crippen LogP contribution is -2.51. The molecule has 0 radical (unpaired) electrons. The molecule has 4 N–H and O–H groups in total. The molecule has 5 aromatic rings. The van der Waals surface area contributed by atoms with E-state index in [0.717, 1.165) is 11.3 Å². The van der Waals surface area contributed by atoms with Crippen molar-refractivity contribution in [1.29, 1.82) is 0 Å². The summed E-state index contributed by atoms with van der Waals surface area (Å²) in [6, 6.07) is 11.8. The maximum Gasteiger partial charge on any atom is 0.407 e. The van der Waals surface area contributed by atoms with Gasteiger partial charge in [-0.15, -0.1) is 0 Å². The fourth-order valence-electron chi connectivity index (χ4n) is 10.3.